The zero-order valence-electron chi connectivity index (χ0n) is 31.1. The van der Waals surface area contributed by atoms with Gasteiger partial charge in [-0.05, 0) is 22.3 Å². The maximum absolute atomic E-state index is 12.9. The number of amides is 7. The molecule has 0 radical (unpaired) electrons. The van der Waals surface area contributed by atoms with Gasteiger partial charge in [-0.3, -0.25) is 33.6 Å². The van der Waals surface area contributed by atoms with E-state index in [1.54, 1.807) is 0 Å². The standard InChI is InChI=1S/C36H47N7O10/c1-37(16-29(44)38(2)18-31(46)40(4)20-33(48)42(6)22-35(50)51)30(45)17-39(3)32(47)19-41(5)34(49)21-43(7)36(52)53-23-28-26-14-10-8-12-24(26)25-13-9-11-15-27(25)28/h8-15,28H,16-23H2,1-7H3,(H,50,51). The van der Waals surface area contributed by atoms with Gasteiger partial charge in [-0.15, -0.1) is 0 Å². The Labute approximate surface area is 308 Å². The topological polar surface area (TPSA) is 189 Å². The van der Waals surface area contributed by atoms with Crippen LogP contribution in [0.5, 0.6) is 0 Å². The molecule has 0 aromatic heterocycles. The number of hydrogen-bond acceptors (Lipinski definition) is 9. The second-order valence-electron chi connectivity index (χ2n) is 13.1. The van der Waals surface area contributed by atoms with Crippen molar-refractivity contribution >= 4 is 47.5 Å². The number of nitrogens with zero attached hydrogens (tertiary/aromatic N) is 7. The fraction of sp³-hybridized carbons (Fsp3) is 0.444. The van der Waals surface area contributed by atoms with Gasteiger partial charge in [-0.25, -0.2) is 4.79 Å². The van der Waals surface area contributed by atoms with Crippen molar-refractivity contribution in [3.63, 3.8) is 0 Å². The number of carbonyl (C=O) groups is 8. The number of rotatable bonds is 16. The molecular formula is C36H47N7O10. The van der Waals surface area contributed by atoms with E-state index >= 15 is 0 Å². The van der Waals surface area contributed by atoms with Gasteiger partial charge in [0.05, 0.1) is 32.7 Å². The Bertz CT molecular complexity index is 1690. The summed E-state index contributed by atoms with van der Waals surface area (Å²) in [6.45, 7) is -2.77. The smallest absolute Gasteiger partial charge is 0.409 e. The van der Waals surface area contributed by atoms with Crippen molar-refractivity contribution in [1.82, 2.24) is 34.3 Å². The highest BCUT2D eigenvalue weighted by atomic mass is 16.6. The Morgan fingerprint density at radius 2 is 0.755 bits per heavy atom. The number of carboxylic acids is 1. The zero-order valence-corrected chi connectivity index (χ0v) is 31.1. The first-order valence-corrected chi connectivity index (χ1v) is 16.6. The molecule has 1 N–H and O–H groups in total. The lowest BCUT2D eigenvalue weighted by molar-refractivity contribution is -0.146. The summed E-state index contributed by atoms with van der Waals surface area (Å²) >= 11 is 0. The molecule has 1 aliphatic rings. The molecule has 2 aromatic rings. The van der Waals surface area contributed by atoms with E-state index in [1.165, 1.54) is 49.3 Å². The molecule has 2 aromatic carbocycles. The van der Waals surface area contributed by atoms with Crippen molar-refractivity contribution < 1.29 is 48.2 Å². The van der Waals surface area contributed by atoms with Crippen molar-refractivity contribution in [3.8, 4) is 11.1 Å². The van der Waals surface area contributed by atoms with Crippen LogP contribution < -0.4 is 0 Å². The van der Waals surface area contributed by atoms with Crippen LogP contribution in [0.1, 0.15) is 17.0 Å². The van der Waals surface area contributed by atoms with Crippen LogP contribution in [0.3, 0.4) is 0 Å². The Balaban J connectivity index is 1.41. The third kappa shape index (κ3) is 11.2. The zero-order chi connectivity index (χ0) is 39.6. The second kappa shape index (κ2) is 18.5. The maximum atomic E-state index is 12.9. The van der Waals surface area contributed by atoms with E-state index in [9.17, 15) is 38.4 Å². The first-order valence-electron chi connectivity index (χ1n) is 16.6. The molecule has 17 heteroatoms. The molecule has 0 spiro atoms. The number of carbonyl (C=O) groups excluding carboxylic acids is 7. The largest absolute Gasteiger partial charge is 0.480 e. The lowest BCUT2D eigenvalue weighted by Gasteiger charge is -2.27. The molecule has 0 atom stereocenters. The Morgan fingerprint density at radius 1 is 0.472 bits per heavy atom. The minimum atomic E-state index is -1.20. The number of carboxylic acid groups (broad SMARTS) is 1. The van der Waals surface area contributed by atoms with Gasteiger partial charge in [0.1, 0.15) is 19.7 Å². The molecule has 0 unspecified atom stereocenters. The minimum absolute atomic E-state index is 0.0854. The third-order valence-corrected chi connectivity index (χ3v) is 8.81. The van der Waals surface area contributed by atoms with Crippen LogP contribution in [-0.4, -0.2) is 189 Å². The van der Waals surface area contributed by atoms with Crippen LogP contribution in [0, 0.1) is 0 Å². The van der Waals surface area contributed by atoms with E-state index in [2.05, 4.69) is 0 Å². The van der Waals surface area contributed by atoms with Gasteiger partial charge in [0, 0.05) is 55.3 Å². The molecule has 0 bridgehead atoms. The van der Waals surface area contributed by atoms with Crippen molar-refractivity contribution in [2.45, 2.75) is 5.92 Å². The van der Waals surface area contributed by atoms with Crippen molar-refractivity contribution in [1.29, 1.82) is 0 Å². The molecule has 0 aliphatic heterocycles. The van der Waals surface area contributed by atoms with E-state index in [0.29, 0.717) is 0 Å². The fourth-order valence-electron chi connectivity index (χ4n) is 5.44. The summed E-state index contributed by atoms with van der Waals surface area (Å²) in [5.41, 5.74) is 4.28. The van der Waals surface area contributed by atoms with Crippen LogP contribution in [-0.2, 0) is 38.3 Å². The average molecular weight is 738 g/mol. The van der Waals surface area contributed by atoms with E-state index in [0.717, 1.165) is 56.6 Å². The summed E-state index contributed by atoms with van der Waals surface area (Å²) in [6, 6.07) is 15.8. The summed E-state index contributed by atoms with van der Waals surface area (Å²) in [7, 11) is 9.51. The highest BCUT2D eigenvalue weighted by molar-refractivity contribution is 5.92. The Kier molecular flexibility index (Phi) is 14.4. The third-order valence-electron chi connectivity index (χ3n) is 8.81. The van der Waals surface area contributed by atoms with Gasteiger partial charge in [-0.2, -0.15) is 0 Å². The van der Waals surface area contributed by atoms with Crippen molar-refractivity contribution in [3.05, 3.63) is 59.7 Å². The van der Waals surface area contributed by atoms with Gasteiger partial charge < -0.3 is 44.1 Å². The van der Waals surface area contributed by atoms with Gasteiger partial charge in [0.25, 0.3) is 0 Å². The van der Waals surface area contributed by atoms with Crippen LogP contribution in [0.25, 0.3) is 11.1 Å². The van der Waals surface area contributed by atoms with Crippen LogP contribution >= 0.6 is 0 Å². The van der Waals surface area contributed by atoms with Crippen LogP contribution in [0.4, 0.5) is 4.79 Å². The van der Waals surface area contributed by atoms with Gasteiger partial charge >= 0.3 is 12.1 Å². The number of benzene rings is 2. The second-order valence-corrected chi connectivity index (χ2v) is 13.1. The van der Waals surface area contributed by atoms with Gasteiger partial charge in [-0.1, -0.05) is 48.5 Å². The number of aliphatic carboxylic acids is 1. The first kappa shape index (κ1) is 41.4. The van der Waals surface area contributed by atoms with Crippen LogP contribution in [0.2, 0.25) is 0 Å². The van der Waals surface area contributed by atoms with E-state index in [1.807, 2.05) is 48.5 Å². The molecule has 0 saturated heterocycles. The molecule has 0 fully saturated rings. The summed E-state index contributed by atoms with van der Waals surface area (Å²) in [5.74, 6) is -4.79. The SMILES string of the molecule is CN(CC(=O)O)C(=O)CN(C)C(=O)CN(C)C(=O)CN(C)C(=O)CN(C)C(=O)CN(C)C(=O)CN(C)C(=O)OCC1c2ccccc2-c2ccccc21. The predicted octanol–water partition coefficient (Wildman–Crippen LogP) is -0.298. The van der Waals surface area contributed by atoms with Gasteiger partial charge in [0.2, 0.25) is 35.4 Å². The van der Waals surface area contributed by atoms with E-state index in [4.69, 9.17) is 9.84 Å². The quantitative estimate of drug-likeness (QED) is 0.240. The number of hydrogen-bond donors (Lipinski definition) is 1. The molecule has 0 heterocycles. The van der Waals surface area contributed by atoms with Crippen molar-refractivity contribution in [2.24, 2.45) is 0 Å². The normalized spacial score (nSPS) is 11.4. The monoisotopic (exact) mass is 737 g/mol. The maximum Gasteiger partial charge on any atom is 0.409 e. The lowest BCUT2D eigenvalue weighted by Crippen LogP contribution is -2.48. The molecule has 0 saturated carbocycles. The fourth-order valence-corrected chi connectivity index (χ4v) is 5.44. The summed E-state index contributed by atoms with van der Waals surface area (Å²) in [5, 5.41) is 8.82. The number of likely N-dealkylation sites (N-methyl/N-ethyl adjacent to an activating group) is 7. The minimum Gasteiger partial charge on any atom is -0.480 e. The molecular weight excluding hydrogens is 690 g/mol. The number of fused-ring (bicyclic) bond motifs is 3. The average Bonchev–Trinajstić information content (AvgIpc) is 3.43. The van der Waals surface area contributed by atoms with Gasteiger partial charge in [0.15, 0.2) is 0 Å². The molecule has 286 valence electrons. The van der Waals surface area contributed by atoms with Crippen LogP contribution in [0.15, 0.2) is 48.5 Å². The summed E-state index contributed by atoms with van der Waals surface area (Å²) in [4.78, 5) is 107. The highest BCUT2D eigenvalue weighted by Gasteiger charge is 2.30. The molecule has 17 nitrogen and oxygen atoms in total. The van der Waals surface area contributed by atoms with E-state index < -0.39 is 73.7 Å². The summed E-state index contributed by atoms with van der Waals surface area (Å²) in [6.07, 6.45) is -0.696. The Hall–Kier alpha value is -6.00. The van der Waals surface area contributed by atoms with E-state index in [-0.39, 0.29) is 32.2 Å². The molecule has 3 rings (SSSR count). The molecule has 53 heavy (non-hydrogen) atoms. The Morgan fingerprint density at radius 3 is 1.08 bits per heavy atom. The lowest BCUT2D eigenvalue weighted by atomic mass is 9.98. The number of ether oxygens (including phenoxy) is 1. The van der Waals surface area contributed by atoms with Crippen molar-refractivity contribution in [2.75, 3.05) is 102 Å². The predicted molar refractivity (Wildman–Crippen MR) is 191 cm³/mol. The first-order chi connectivity index (χ1) is 24.9. The highest BCUT2D eigenvalue weighted by Crippen LogP contribution is 2.44. The molecule has 7 amide bonds. The summed E-state index contributed by atoms with van der Waals surface area (Å²) < 4.78 is 5.59. The molecule has 1 aliphatic carbocycles.